The van der Waals surface area contributed by atoms with E-state index in [4.69, 9.17) is 16.3 Å². The normalized spacial score (nSPS) is 42.6. The Morgan fingerprint density at radius 2 is 1.58 bits per heavy atom. The molecule has 0 amide bonds. The highest BCUT2D eigenvalue weighted by molar-refractivity contribution is 6.21. The second kappa shape index (κ2) is 5.93. The van der Waals surface area contributed by atoms with E-state index in [9.17, 15) is 0 Å². The molecule has 0 N–H and O–H groups in total. The SMILES string of the molecule is CC1CCC(OC2CC(Cl)C23CCCCCC3)CC1. The zero-order valence-electron chi connectivity index (χ0n) is 12.4. The highest BCUT2D eigenvalue weighted by Crippen LogP contribution is 2.55. The zero-order valence-corrected chi connectivity index (χ0v) is 13.1. The summed E-state index contributed by atoms with van der Waals surface area (Å²) in [5.74, 6) is 0.911. The second-order valence-electron chi connectivity index (χ2n) is 7.36. The number of hydrogen-bond acceptors (Lipinski definition) is 1. The van der Waals surface area contributed by atoms with E-state index in [0.717, 1.165) is 12.3 Å². The number of ether oxygens (including phenoxy) is 1. The van der Waals surface area contributed by atoms with Crippen LogP contribution in [0.25, 0.3) is 0 Å². The van der Waals surface area contributed by atoms with Crippen LogP contribution in [0.15, 0.2) is 0 Å². The molecule has 2 atom stereocenters. The number of alkyl halides is 1. The fraction of sp³-hybridized carbons (Fsp3) is 1.00. The smallest absolute Gasteiger partial charge is 0.0663 e. The summed E-state index contributed by atoms with van der Waals surface area (Å²) in [4.78, 5) is 0. The van der Waals surface area contributed by atoms with E-state index >= 15 is 0 Å². The van der Waals surface area contributed by atoms with Crippen molar-refractivity contribution in [1.82, 2.24) is 0 Å². The molecule has 0 radical (unpaired) electrons. The van der Waals surface area contributed by atoms with Gasteiger partial charge in [-0.2, -0.15) is 0 Å². The average molecular weight is 285 g/mol. The number of hydrogen-bond donors (Lipinski definition) is 0. The molecule has 2 unspecified atom stereocenters. The standard InChI is InChI=1S/C17H29ClO/c1-13-6-8-14(9-7-13)19-16-12-15(18)17(16)10-4-2-3-5-11-17/h13-16H,2-12H2,1H3. The molecule has 0 saturated heterocycles. The Kier molecular flexibility index (Phi) is 4.43. The highest BCUT2D eigenvalue weighted by Gasteiger charge is 2.55. The van der Waals surface area contributed by atoms with Gasteiger partial charge >= 0.3 is 0 Å². The molecule has 3 aliphatic rings. The van der Waals surface area contributed by atoms with Crippen LogP contribution in [0.5, 0.6) is 0 Å². The fourth-order valence-electron chi connectivity index (χ4n) is 4.51. The Bertz CT molecular complexity index is 288. The van der Waals surface area contributed by atoms with E-state index in [0.29, 0.717) is 23.0 Å². The minimum Gasteiger partial charge on any atom is -0.374 e. The molecule has 2 heteroatoms. The molecule has 0 aromatic carbocycles. The van der Waals surface area contributed by atoms with Crippen molar-refractivity contribution in [2.24, 2.45) is 11.3 Å². The first-order chi connectivity index (χ1) is 9.21. The molecule has 110 valence electrons. The summed E-state index contributed by atoms with van der Waals surface area (Å²) in [6.07, 6.45) is 15.5. The van der Waals surface area contributed by atoms with Gasteiger partial charge in [0, 0.05) is 10.8 Å². The van der Waals surface area contributed by atoms with Crippen LogP contribution in [0, 0.1) is 11.3 Å². The molecule has 1 spiro atoms. The predicted molar refractivity (Wildman–Crippen MR) is 80.7 cm³/mol. The number of rotatable bonds is 2. The van der Waals surface area contributed by atoms with Gasteiger partial charge in [0.15, 0.2) is 0 Å². The molecule has 3 saturated carbocycles. The van der Waals surface area contributed by atoms with Crippen LogP contribution < -0.4 is 0 Å². The molecular formula is C17H29ClO. The van der Waals surface area contributed by atoms with E-state index in [1.807, 2.05) is 0 Å². The third-order valence-electron chi connectivity index (χ3n) is 6.04. The minimum atomic E-state index is 0.348. The Labute approximate surface area is 123 Å². The van der Waals surface area contributed by atoms with Crippen LogP contribution >= 0.6 is 11.6 Å². The van der Waals surface area contributed by atoms with Gasteiger partial charge in [0.05, 0.1) is 12.2 Å². The fourth-order valence-corrected chi connectivity index (χ4v) is 5.03. The van der Waals surface area contributed by atoms with Crippen LogP contribution in [0.4, 0.5) is 0 Å². The van der Waals surface area contributed by atoms with Gasteiger partial charge in [-0.05, 0) is 50.9 Å². The van der Waals surface area contributed by atoms with Crippen molar-refractivity contribution in [1.29, 1.82) is 0 Å². The van der Waals surface area contributed by atoms with Crippen LogP contribution in [0.2, 0.25) is 0 Å². The van der Waals surface area contributed by atoms with Crippen molar-refractivity contribution >= 4 is 11.6 Å². The summed E-state index contributed by atoms with van der Waals surface area (Å²) in [5.41, 5.74) is 0.348. The van der Waals surface area contributed by atoms with Crippen molar-refractivity contribution in [2.45, 2.75) is 95.1 Å². The van der Waals surface area contributed by atoms with E-state index in [1.54, 1.807) is 0 Å². The third kappa shape index (κ3) is 2.83. The van der Waals surface area contributed by atoms with Gasteiger partial charge in [-0.3, -0.25) is 0 Å². The molecule has 3 rings (SSSR count). The van der Waals surface area contributed by atoms with Gasteiger partial charge in [0.1, 0.15) is 0 Å². The summed E-state index contributed by atoms with van der Waals surface area (Å²) >= 11 is 6.61. The first-order valence-electron chi connectivity index (χ1n) is 8.50. The van der Waals surface area contributed by atoms with E-state index in [2.05, 4.69) is 6.92 Å². The molecule has 3 aliphatic carbocycles. The lowest BCUT2D eigenvalue weighted by Gasteiger charge is -2.54. The Morgan fingerprint density at radius 1 is 0.947 bits per heavy atom. The zero-order chi connectivity index (χ0) is 13.3. The Morgan fingerprint density at radius 3 is 2.16 bits per heavy atom. The Balaban J connectivity index is 1.58. The molecule has 0 aromatic heterocycles. The van der Waals surface area contributed by atoms with Crippen LogP contribution in [0.1, 0.15) is 77.6 Å². The molecule has 0 bridgehead atoms. The second-order valence-corrected chi connectivity index (χ2v) is 7.88. The minimum absolute atomic E-state index is 0.348. The summed E-state index contributed by atoms with van der Waals surface area (Å²) in [5, 5.41) is 0.387. The lowest BCUT2D eigenvalue weighted by Crippen LogP contribution is -2.56. The molecule has 0 heterocycles. The van der Waals surface area contributed by atoms with Gasteiger partial charge in [-0.1, -0.05) is 32.6 Å². The molecular weight excluding hydrogens is 256 g/mol. The third-order valence-corrected chi connectivity index (χ3v) is 6.65. The number of halogens is 1. The maximum absolute atomic E-state index is 6.61. The van der Waals surface area contributed by atoms with Gasteiger partial charge in [0.25, 0.3) is 0 Å². The van der Waals surface area contributed by atoms with E-state index < -0.39 is 0 Å². The van der Waals surface area contributed by atoms with Gasteiger partial charge in [-0.25, -0.2) is 0 Å². The largest absolute Gasteiger partial charge is 0.374 e. The van der Waals surface area contributed by atoms with Gasteiger partial charge < -0.3 is 4.74 Å². The lowest BCUT2D eigenvalue weighted by molar-refractivity contribution is -0.154. The van der Waals surface area contributed by atoms with Crippen molar-refractivity contribution in [3.8, 4) is 0 Å². The monoisotopic (exact) mass is 284 g/mol. The molecule has 1 nitrogen and oxygen atoms in total. The van der Waals surface area contributed by atoms with Gasteiger partial charge in [0.2, 0.25) is 0 Å². The quantitative estimate of drug-likeness (QED) is 0.625. The first kappa shape index (κ1) is 14.2. The maximum atomic E-state index is 6.61. The topological polar surface area (TPSA) is 9.23 Å². The van der Waals surface area contributed by atoms with Gasteiger partial charge in [-0.15, -0.1) is 11.6 Å². The summed E-state index contributed by atoms with van der Waals surface area (Å²) < 4.78 is 6.51. The van der Waals surface area contributed by atoms with Crippen LogP contribution in [-0.4, -0.2) is 17.6 Å². The van der Waals surface area contributed by atoms with E-state index in [1.165, 1.54) is 64.2 Å². The molecule has 3 fully saturated rings. The highest BCUT2D eigenvalue weighted by atomic mass is 35.5. The van der Waals surface area contributed by atoms with Crippen molar-refractivity contribution in [3.05, 3.63) is 0 Å². The van der Waals surface area contributed by atoms with Crippen molar-refractivity contribution < 1.29 is 4.74 Å². The van der Waals surface area contributed by atoms with Crippen molar-refractivity contribution in [2.75, 3.05) is 0 Å². The lowest BCUT2D eigenvalue weighted by atomic mass is 9.61. The van der Waals surface area contributed by atoms with Crippen LogP contribution in [0.3, 0.4) is 0 Å². The summed E-state index contributed by atoms with van der Waals surface area (Å²) in [7, 11) is 0. The molecule has 0 aliphatic heterocycles. The Hall–Kier alpha value is 0.250. The molecule has 19 heavy (non-hydrogen) atoms. The average Bonchev–Trinajstić information content (AvgIpc) is 2.68. The van der Waals surface area contributed by atoms with Crippen molar-refractivity contribution in [3.63, 3.8) is 0 Å². The van der Waals surface area contributed by atoms with Crippen LogP contribution in [-0.2, 0) is 4.74 Å². The molecule has 0 aromatic rings. The summed E-state index contributed by atoms with van der Waals surface area (Å²) in [6.45, 7) is 2.38. The predicted octanol–water partition coefficient (Wildman–Crippen LogP) is 5.30. The van der Waals surface area contributed by atoms with E-state index in [-0.39, 0.29) is 0 Å². The maximum Gasteiger partial charge on any atom is 0.0663 e. The first-order valence-corrected chi connectivity index (χ1v) is 8.94. The summed E-state index contributed by atoms with van der Waals surface area (Å²) in [6, 6.07) is 0.